The molecule has 0 spiro atoms. The molecule has 2 fully saturated rings. The molecule has 20 heavy (non-hydrogen) atoms. The van der Waals surface area contributed by atoms with Crippen molar-refractivity contribution in [3.8, 4) is 0 Å². The van der Waals surface area contributed by atoms with E-state index in [1.54, 1.807) is 0 Å². The Hall–Kier alpha value is -0.980. The third-order valence-corrected chi connectivity index (χ3v) is 4.05. The molecule has 5 nitrogen and oxygen atoms in total. The Balaban J connectivity index is 1.75. The first kappa shape index (κ1) is 14.0. The van der Waals surface area contributed by atoms with E-state index in [0.29, 0.717) is 13.0 Å². The van der Waals surface area contributed by atoms with E-state index < -0.39 is 24.1 Å². The number of aliphatic hydroxyl groups excluding tert-OH is 2. The molecule has 3 rings (SSSR count). The second-order valence-corrected chi connectivity index (χ2v) is 5.63. The number of rotatable bonds is 2. The Bertz CT molecular complexity index is 451. The highest BCUT2D eigenvalue weighted by Crippen LogP contribution is 2.39. The number of ether oxygens (including phenoxy) is 3. The molecule has 0 saturated carbocycles. The van der Waals surface area contributed by atoms with Crippen molar-refractivity contribution in [3.63, 3.8) is 0 Å². The third kappa shape index (κ3) is 2.47. The smallest absolute Gasteiger partial charge is 0.184 e. The highest BCUT2D eigenvalue weighted by atomic mass is 16.7. The molecule has 2 heterocycles. The van der Waals surface area contributed by atoms with Gasteiger partial charge >= 0.3 is 0 Å². The fourth-order valence-corrected chi connectivity index (χ4v) is 2.82. The maximum atomic E-state index is 9.97. The van der Waals surface area contributed by atoms with Crippen LogP contribution in [0.2, 0.25) is 0 Å². The van der Waals surface area contributed by atoms with Crippen LogP contribution in [0, 0.1) is 0 Å². The van der Waals surface area contributed by atoms with E-state index in [-0.39, 0.29) is 12.7 Å². The van der Waals surface area contributed by atoms with E-state index >= 15 is 0 Å². The lowest BCUT2D eigenvalue weighted by atomic mass is 9.88. The Kier molecular flexibility index (Phi) is 3.79. The van der Waals surface area contributed by atoms with Crippen molar-refractivity contribution in [2.45, 2.75) is 43.5 Å². The first-order valence-electron chi connectivity index (χ1n) is 6.91. The molecule has 2 saturated heterocycles. The van der Waals surface area contributed by atoms with Crippen molar-refractivity contribution < 1.29 is 24.4 Å². The molecular weight excluding hydrogens is 260 g/mol. The van der Waals surface area contributed by atoms with E-state index in [2.05, 4.69) is 0 Å². The van der Waals surface area contributed by atoms with Crippen LogP contribution in [-0.4, -0.2) is 47.3 Å². The zero-order chi connectivity index (χ0) is 14.2. The second-order valence-electron chi connectivity index (χ2n) is 5.63. The predicted octanol–water partition coefficient (Wildman–Crippen LogP) is 1.00. The van der Waals surface area contributed by atoms with E-state index in [1.807, 2.05) is 37.3 Å². The molecule has 5 atom stereocenters. The van der Waals surface area contributed by atoms with E-state index in [0.717, 1.165) is 5.56 Å². The van der Waals surface area contributed by atoms with Gasteiger partial charge in [-0.05, 0) is 6.92 Å². The summed E-state index contributed by atoms with van der Waals surface area (Å²) in [5, 5.41) is 19.2. The molecule has 0 radical (unpaired) electrons. The molecule has 1 aromatic rings. The van der Waals surface area contributed by atoms with Crippen LogP contribution in [0.1, 0.15) is 25.2 Å². The largest absolute Gasteiger partial charge is 0.394 e. The highest BCUT2D eigenvalue weighted by Gasteiger charge is 2.50. The van der Waals surface area contributed by atoms with Crippen molar-refractivity contribution in [2.75, 3.05) is 13.2 Å². The van der Waals surface area contributed by atoms with Crippen LogP contribution in [0.5, 0.6) is 0 Å². The second kappa shape index (κ2) is 5.42. The molecule has 0 unspecified atom stereocenters. The van der Waals surface area contributed by atoms with Crippen LogP contribution < -0.4 is 0 Å². The standard InChI is InChI=1S/C15H20O5/c1-15-9-18-14(10-5-3-2-4-6-10)19-13(15)7-11(17)12(8-16)20-15/h2-6,11-14,16-17H,7-9H2,1H3/t11-,12+,13+,14-,15-/m1/s1. The summed E-state index contributed by atoms with van der Waals surface area (Å²) in [4.78, 5) is 0. The molecule has 2 N–H and O–H groups in total. The molecule has 2 aliphatic rings. The van der Waals surface area contributed by atoms with E-state index in [9.17, 15) is 10.2 Å². The quantitative estimate of drug-likeness (QED) is 0.846. The predicted molar refractivity (Wildman–Crippen MR) is 71.0 cm³/mol. The fraction of sp³-hybridized carbons (Fsp3) is 0.600. The molecule has 2 aliphatic heterocycles. The summed E-state index contributed by atoms with van der Waals surface area (Å²) in [6.07, 6.45) is -1.53. The van der Waals surface area contributed by atoms with Gasteiger partial charge in [0.1, 0.15) is 11.7 Å². The summed E-state index contributed by atoms with van der Waals surface area (Å²) in [7, 11) is 0. The number of benzene rings is 1. The van der Waals surface area contributed by atoms with Gasteiger partial charge in [-0.2, -0.15) is 0 Å². The van der Waals surface area contributed by atoms with E-state index in [4.69, 9.17) is 14.2 Å². The van der Waals surface area contributed by atoms with Gasteiger partial charge in [0, 0.05) is 12.0 Å². The van der Waals surface area contributed by atoms with Gasteiger partial charge < -0.3 is 24.4 Å². The van der Waals surface area contributed by atoms with Crippen LogP contribution in [0.15, 0.2) is 30.3 Å². The molecule has 110 valence electrons. The summed E-state index contributed by atoms with van der Waals surface area (Å²) < 4.78 is 17.5. The van der Waals surface area contributed by atoms with Gasteiger partial charge in [-0.1, -0.05) is 30.3 Å². The Labute approximate surface area is 118 Å². The van der Waals surface area contributed by atoms with Gasteiger partial charge in [-0.3, -0.25) is 0 Å². The molecule has 0 aliphatic carbocycles. The maximum absolute atomic E-state index is 9.97. The zero-order valence-corrected chi connectivity index (χ0v) is 11.4. The Morgan fingerprint density at radius 1 is 1.30 bits per heavy atom. The first-order valence-corrected chi connectivity index (χ1v) is 6.91. The lowest BCUT2D eigenvalue weighted by Gasteiger charge is -2.50. The number of aliphatic hydroxyl groups is 2. The van der Waals surface area contributed by atoms with Crippen molar-refractivity contribution >= 4 is 0 Å². The summed E-state index contributed by atoms with van der Waals surface area (Å²) in [6, 6.07) is 9.71. The SMILES string of the molecule is C[C@@]12CO[C@@H](c3ccccc3)O[C@H]1C[C@@H](O)[C@H](CO)O2. The van der Waals surface area contributed by atoms with Crippen molar-refractivity contribution in [1.82, 2.24) is 0 Å². The molecule has 5 heteroatoms. The van der Waals surface area contributed by atoms with Gasteiger partial charge in [-0.15, -0.1) is 0 Å². The monoisotopic (exact) mass is 280 g/mol. The molecular formula is C15H20O5. The van der Waals surface area contributed by atoms with Gasteiger partial charge in [0.05, 0.1) is 25.4 Å². The van der Waals surface area contributed by atoms with Crippen LogP contribution >= 0.6 is 0 Å². The number of hydrogen-bond donors (Lipinski definition) is 2. The van der Waals surface area contributed by atoms with Crippen molar-refractivity contribution in [1.29, 1.82) is 0 Å². The van der Waals surface area contributed by atoms with Crippen LogP contribution in [0.3, 0.4) is 0 Å². The highest BCUT2D eigenvalue weighted by molar-refractivity contribution is 5.17. The topological polar surface area (TPSA) is 68.2 Å². The van der Waals surface area contributed by atoms with Crippen molar-refractivity contribution in [2.24, 2.45) is 0 Å². The maximum Gasteiger partial charge on any atom is 0.184 e. The van der Waals surface area contributed by atoms with Crippen LogP contribution in [-0.2, 0) is 14.2 Å². The lowest BCUT2D eigenvalue weighted by Crippen LogP contribution is -2.61. The number of hydrogen-bond acceptors (Lipinski definition) is 5. The van der Waals surface area contributed by atoms with E-state index in [1.165, 1.54) is 0 Å². The van der Waals surface area contributed by atoms with Gasteiger partial charge in [-0.25, -0.2) is 0 Å². The Morgan fingerprint density at radius 3 is 2.75 bits per heavy atom. The summed E-state index contributed by atoms with van der Waals surface area (Å²) >= 11 is 0. The van der Waals surface area contributed by atoms with Crippen LogP contribution in [0.25, 0.3) is 0 Å². The molecule has 0 bridgehead atoms. The first-order chi connectivity index (χ1) is 9.62. The summed E-state index contributed by atoms with van der Waals surface area (Å²) in [5.74, 6) is 0. The normalized spacial score (nSPS) is 41.1. The van der Waals surface area contributed by atoms with Gasteiger partial charge in [0.25, 0.3) is 0 Å². The third-order valence-electron chi connectivity index (χ3n) is 4.05. The summed E-state index contributed by atoms with van der Waals surface area (Å²) in [5.41, 5.74) is 0.325. The lowest BCUT2D eigenvalue weighted by molar-refractivity contribution is -0.339. The van der Waals surface area contributed by atoms with Gasteiger partial charge in [0.15, 0.2) is 6.29 Å². The Morgan fingerprint density at radius 2 is 2.05 bits per heavy atom. The van der Waals surface area contributed by atoms with Crippen LogP contribution in [0.4, 0.5) is 0 Å². The number of fused-ring (bicyclic) bond motifs is 1. The average Bonchev–Trinajstić information content (AvgIpc) is 2.47. The minimum atomic E-state index is -0.715. The minimum Gasteiger partial charge on any atom is -0.394 e. The molecule has 0 aromatic heterocycles. The molecule has 0 amide bonds. The molecule has 1 aromatic carbocycles. The zero-order valence-electron chi connectivity index (χ0n) is 11.4. The minimum absolute atomic E-state index is 0.203. The fourth-order valence-electron chi connectivity index (χ4n) is 2.82. The summed E-state index contributed by atoms with van der Waals surface area (Å²) in [6.45, 7) is 2.07. The average molecular weight is 280 g/mol. The van der Waals surface area contributed by atoms with Crippen molar-refractivity contribution in [3.05, 3.63) is 35.9 Å². The van der Waals surface area contributed by atoms with Gasteiger partial charge in [0.2, 0.25) is 0 Å².